The molecule has 2 atom stereocenters. The first kappa shape index (κ1) is 86.6. The van der Waals surface area contributed by atoms with Crippen LogP contribution in [0, 0.1) is 0 Å². The molecule has 2 unspecified atom stereocenters. The largest absolute Gasteiger partial charge is 0.466 e. The topological polar surface area (TPSA) is 95.9 Å². The number of unbranched alkanes of at least 4 members (excludes halogenated alkanes) is 67. The molecule has 0 aliphatic heterocycles. The molecule has 6 nitrogen and oxygen atoms in total. The second kappa shape index (κ2) is 78.0. The van der Waals surface area contributed by atoms with Gasteiger partial charge in [-0.25, -0.2) is 0 Å². The van der Waals surface area contributed by atoms with E-state index in [1.165, 1.54) is 411 Å². The van der Waals surface area contributed by atoms with Crippen LogP contribution in [0.1, 0.15) is 476 Å². The monoisotopic (exact) mass is 1240 g/mol. The third-order valence-corrected chi connectivity index (χ3v) is 19.6. The number of ether oxygens (including phenoxy) is 1. The number of aliphatic hydroxyl groups excluding tert-OH is 2. The summed E-state index contributed by atoms with van der Waals surface area (Å²) >= 11 is 0. The minimum Gasteiger partial charge on any atom is -0.466 e. The van der Waals surface area contributed by atoms with Gasteiger partial charge in [-0.15, -0.1) is 0 Å². The van der Waals surface area contributed by atoms with Crippen LogP contribution in [0.25, 0.3) is 0 Å². The van der Waals surface area contributed by atoms with Gasteiger partial charge in [0.15, 0.2) is 0 Å². The van der Waals surface area contributed by atoms with E-state index in [0.29, 0.717) is 19.4 Å². The van der Waals surface area contributed by atoms with Crippen LogP contribution >= 0.6 is 0 Å². The minimum absolute atomic E-state index is 0.0252. The number of rotatable bonds is 78. The number of amides is 1. The van der Waals surface area contributed by atoms with Gasteiger partial charge in [0.1, 0.15) is 0 Å². The van der Waals surface area contributed by atoms with Crippen molar-refractivity contribution in [3.05, 3.63) is 12.2 Å². The molecule has 0 aromatic rings. The zero-order chi connectivity index (χ0) is 63.5. The van der Waals surface area contributed by atoms with Crippen molar-refractivity contribution < 1.29 is 24.5 Å². The average Bonchev–Trinajstić information content (AvgIpc) is 3.60. The summed E-state index contributed by atoms with van der Waals surface area (Å²) in [6, 6.07) is -0.626. The van der Waals surface area contributed by atoms with Crippen molar-refractivity contribution in [2.24, 2.45) is 0 Å². The number of carbonyl (C=O) groups is 2. The van der Waals surface area contributed by atoms with Crippen molar-refractivity contribution in [3.8, 4) is 0 Å². The lowest BCUT2D eigenvalue weighted by atomic mass is 10.0. The molecule has 0 aromatic heterocycles. The Morgan fingerprint density at radius 1 is 0.307 bits per heavy atom. The molecule has 0 saturated heterocycles. The van der Waals surface area contributed by atoms with Gasteiger partial charge >= 0.3 is 5.97 Å². The molecule has 3 N–H and O–H groups in total. The number of hydrogen-bond acceptors (Lipinski definition) is 5. The SMILES string of the molecule is CCCCCCCCCCCCCCCCCCCCCCCC/C=C/C(O)C(CO)NC(=O)CCCCCCCCCCCCCCCCCCCCCCCCCCCCCCCCOC(=O)CCCCCCCCCCCCCCCCCCC. The molecule has 0 radical (unpaired) electrons. The molecule has 0 heterocycles. The summed E-state index contributed by atoms with van der Waals surface area (Å²) in [5, 5.41) is 23.3. The maximum atomic E-state index is 12.6. The lowest BCUT2D eigenvalue weighted by Crippen LogP contribution is -2.45. The van der Waals surface area contributed by atoms with Crippen molar-refractivity contribution in [2.75, 3.05) is 13.2 Å². The maximum absolute atomic E-state index is 12.6. The summed E-state index contributed by atoms with van der Waals surface area (Å²) in [5.41, 5.74) is 0. The van der Waals surface area contributed by atoms with Gasteiger partial charge in [0.2, 0.25) is 5.91 Å². The Hall–Kier alpha value is -1.40. The number of carbonyl (C=O) groups excluding carboxylic acids is 2. The average molecular weight is 1240 g/mol. The Kier molecular flexibility index (Phi) is 76.8. The van der Waals surface area contributed by atoms with Crippen LogP contribution in [0.5, 0.6) is 0 Å². The van der Waals surface area contributed by atoms with E-state index in [2.05, 4.69) is 19.2 Å². The summed E-state index contributed by atoms with van der Waals surface area (Å²) < 4.78 is 5.52. The highest BCUT2D eigenvalue weighted by Gasteiger charge is 2.18. The van der Waals surface area contributed by atoms with E-state index in [9.17, 15) is 19.8 Å². The smallest absolute Gasteiger partial charge is 0.305 e. The molecular formula is C82H161NO5. The predicted octanol–water partition coefficient (Wildman–Crippen LogP) is 27.1. The van der Waals surface area contributed by atoms with E-state index in [4.69, 9.17) is 4.74 Å². The highest BCUT2D eigenvalue weighted by atomic mass is 16.5. The fourth-order valence-electron chi connectivity index (χ4n) is 13.3. The van der Waals surface area contributed by atoms with Gasteiger partial charge in [0.05, 0.1) is 25.4 Å². The molecule has 1 amide bonds. The zero-order valence-corrected chi connectivity index (χ0v) is 60.3. The minimum atomic E-state index is -0.843. The van der Waals surface area contributed by atoms with Crippen LogP contribution in [0.3, 0.4) is 0 Å². The summed E-state index contributed by atoms with van der Waals surface area (Å²) in [4.78, 5) is 24.7. The molecule has 0 rings (SSSR count). The van der Waals surface area contributed by atoms with Gasteiger partial charge in [0.25, 0.3) is 0 Å². The van der Waals surface area contributed by atoms with Crippen molar-refractivity contribution >= 4 is 11.9 Å². The van der Waals surface area contributed by atoms with Crippen LogP contribution < -0.4 is 5.32 Å². The van der Waals surface area contributed by atoms with E-state index in [-0.39, 0.29) is 18.5 Å². The number of nitrogens with one attached hydrogen (secondary N) is 1. The number of esters is 1. The maximum Gasteiger partial charge on any atom is 0.305 e. The Morgan fingerprint density at radius 3 is 0.773 bits per heavy atom. The quantitative estimate of drug-likeness (QED) is 0.0320. The van der Waals surface area contributed by atoms with E-state index in [1.54, 1.807) is 6.08 Å². The molecule has 0 aromatic carbocycles. The van der Waals surface area contributed by atoms with Crippen LogP contribution in [-0.2, 0) is 14.3 Å². The fourth-order valence-corrected chi connectivity index (χ4v) is 13.3. The summed E-state index contributed by atoms with van der Waals surface area (Å²) in [6.07, 6.45) is 99.2. The molecule has 0 aliphatic rings. The highest BCUT2D eigenvalue weighted by molar-refractivity contribution is 5.76. The van der Waals surface area contributed by atoms with Crippen LogP contribution in [0.2, 0.25) is 0 Å². The lowest BCUT2D eigenvalue weighted by Gasteiger charge is -2.20. The van der Waals surface area contributed by atoms with Gasteiger partial charge in [-0.05, 0) is 32.1 Å². The third kappa shape index (κ3) is 73.6. The molecule has 0 aliphatic carbocycles. The number of allylic oxidation sites excluding steroid dienone is 1. The van der Waals surface area contributed by atoms with E-state index >= 15 is 0 Å². The van der Waals surface area contributed by atoms with Gasteiger partial charge in [-0.1, -0.05) is 443 Å². The first-order chi connectivity index (χ1) is 43.5. The normalized spacial score (nSPS) is 12.5. The summed E-state index contributed by atoms with van der Waals surface area (Å²) in [5.74, 6) is -0.0329. The van der Waals surface area contributed by atoms with E-state index < -0.39 is 12.1 Å². The first-order valence-corrected chi connectivity index (χ1v) is 41.0. The predicted molar refractivity (Wildman–Crippen MR) is 389 cm³/mol. The molecule has 0 bridgehead atoms. The van der Waals surface area contributed by atoms with Crippen molar-refractivity contribution in [3.63, 3.8) is 0 Å². The Bertz CT molecular complexity index is 1340. The van der Waals surface area contributed by atoms with Crippen LogP contribution in [0.4, 0.5) is 0 Å². The third-order valence-electron chi connectivity index (χ3n) is 19.6. The number of hydrogen-bond donors (Lipinski definition) is 3. The van der Waals surface area contributed by atoms with Gasteiger partial charge in [-0.3, -0.25) is 9.59 Å². The van der Waals surface area contributed by atoms with Gasteiger partial charge < -0.3 is 20.3 Å². The second-order valence-electron chi connectivity index (χ2n) is 28.5. The van der Waals surface area contributed by atoms with Crippen molar-refractivity contribution in [2.45, 2.75) is 488 Å². The Balaban J connectivity index is 3.34. The first-order valence-electron chi connectivity index (χ1n) is 41.0. The van der Waals surface area contributed by atoms with Crippen LogP contribution in [-0.4, -0.2) is 47.4 Å². The Morgan fingerprint density at radius 2 is 0.523 bits per heavy atom. The van der Waals surface area contributed by atoms with Gasteiger partial charge in [0, 0.05) is 12.8 Å². The molecule has 0 saturated carbocycles. The molecule has 6 heteroatoms. The summed E-state index contributed by atoms with van der Waals surface area (Å²) in [7, 11) is 0. The van der Waals surface area contributed by atoms with Crippen LogP contribution in [0.15, 0.2) is 12.2 Å². The van der Waals surface area contributed by atoms with Crippen molar-refractivity contribution in [1.82, 2.24) is 5.32 Å². The second-order valence-corrected chi connectivity index (χ2v) is 28.5. The van der Waals surface area contributed by atoms with E-state index in [0.717, 1.165) is 38.5 Å². The molecule has 88 heavy (non-hydrogen) atoms. The molecular weight excluding hydrogens is 1080 g/mol. The highest BCUT2D eigenvalue weighted by Crippen LogP contribution is 2.21. The standard InChI is InChI=1S/C82H161NO5/c1-3-5-7-9-11-13-15-17-19-21-22-23-24-33-36-39-43-46-50-54-58-62-66-70-74-80(85)79(78-84)83-81(86)75-71-67-63-59-55-51-47-44-40-37-34-31-29-27-25-26-28-30-32-35-38-41-45-49-53-57-61-65-69-73-77-88-82(87)76-72-68-64-60-56-52-48-42-20-18-16-14-12-10-8-6-4-2/h70,74,79-80,84-85H,3-69,71-73,75-78H2,1-2H3,(H,83,86)/b74-70+. The van der Waals surface area contributed by atoms with E-state index in [1.807, 2.05) is 6.08 Å². The molecule has 524 valence electrons. The fraction of sp³-hybridized carbons (Fsp3) is 0.951. The lowest BCUT2D eigenvalue weighted by molar-refractivity contribution is -0.143. The molecule has 0 fully saturated rings. The zero-order valence-electron chi connectivity index (χ0n) is 60.3. The molecule has 0 spiro atoms. The number of aliphatic hydroxyl groups is 2. The summed E-state index contributed by atoms with van der Waals surface area (Å²) in [6.45, 7) is 4.97. The van der Waals surface area contributed by atoms with Crippen molar-refractivity contribution in [1.29, 1.82) is 0 Å². The van der Waals surface area contributed by atoms with Gasteiger partial charge in [-0.2, -0.15) is 0 Å². The Labute approximate surface area is 552 Å².